The van der Waals surface area contributed by atoms with Gasteiger partial charge in [0, 0.05) is 5.02 Å². The van der Waals surface area contributed by atoms with E-state index in [1.165, 1.54) is 50.8 Å². The maximum atomic E-state index is 12.4. The molecule has 0 saturated heterocycles. The van der Waals surface area contributed by atoms with Crippen LogP contribution in [0.1, 0.15) is 15.9 Å². The topological polar surface area (TPSA) is 132 Å². The number of methoxy groups -OCH3 is 2. The standard InChI is InChI=1S/C24H22ClN3O7S/c1-33-19-8-4-17(5-9-19)24(30)35-21-12-3-16(13-22(21)34-2)14-26-28-23(29)15-27-36(31,32)20-10-6-18(25)7-11-20/h3-14,27H,15H2,1-2H3,(H,28,29). The van der Waals surface area contributed by atoms with Crippen molar-refractivity contribution in [1.29, 1.82) is 0 Å². The molecule has 188 valence electrons. The van der Waals surface area contributed by atoms with E-state index in [0.717, 1.165) is 0 Å². The first-order valence-corrected chi connectivity index (χ1v) is 12.2. The molecule has 0 radical (unpaired) electrons. The van der Waals surface area contributed by atoms with Crippen LogP contribution in [0.2, 0.25) is 5.02 Å². The van der Waals surface area contributed by atoms with Gasteiger partial charge in [-0.3, -0.25) is 4.79 Å². The van der Waals surface area contributed by atoms with E-state index in [0.29, 0.717) is 21.9 Å². The fourth-order valence-electron chi connectivity index (χ4n) is 2.81. The van der Waals surface area contributed by atoms with Crippen LogP contribution in [0.4, 0.5) is 0 Å². The Hall–Kier alpha value is -3.93. The van der Waals surface area contributed by atoms with Gasteiger partial charge >= 0.3 is 5.97 Å². The summed E-state index contributed by atoms with van der Waals surface area (Å²) in [5.41, 5.74) is 3.08. The quantitative estimate of drug-likeness (QED) is 0.178. The SMILES string of the molecule is COc1ccc(C(=O)Oc2ccc(C=NNC(=O)CNS(=O)(=O)c3ccc(Cl)cc3)cc2OC)cc1. The van der Waals surface area contributed by atoms with Crippen molar-refractivity contribution in [3.63, 3.8) is 0 Å². The molecule has 0 aliphatic heterocycles. The first kappa shape index (κ1) is 26.7. The molecular weight excluding hydrogens is 510 g/mol. The number of halogens is 1. The van der Waals surface area contributed by atoms with E-state index < -0.39 is 28.4 Å². The number of sulfonamides is 1. The summed E-state index contributed by atoms with van der Waals surface area (Å²) in [6.45, 7) is -0.522. The Bertz CT molecular complexity index is 1360. The number of carbonyl (C=O) groups is 2. The van der Waals surface area contributed by atoms with Crippen LogP contribution >= 0.6 is 11.6 Å². The predicted molar refractivity (Wildman–Crippen MR) is 133 cm³/mol. The van der Waals surface area contributed by atoms with E-state index in [1.807, 2.05) is 0 Å². The number of hydrogen-bond donors (Lipinski definition) is 2. The van der Waals surface area contributed by atoms with Gasteiger partial charge in [-0.05, 0) is 72.3 Å². The maximum absolute atomic E-state index is 12.4. The molecule has 2 N–H and O–H groups in total. The average molecular weight is 532 g/mol. The third-order valence-corrected chi connectivity index (χ3v) is 6.33. The van der Waals surface area contributed by atoms with Crippen molar-refractivity contribution in [3.05, 3.63) is 82.9 Å². The average Bonchev–Trinajstić information content (AvgIpc) is 2.88. The summed E-state index contributed by atoms with van der Waals surface area (Å²) in [6.07, 6.45) is 1.32. The van der Waals surface area contributed by atoms with Gasteiger partial charge in [0.05, 0.1) is 37.4 Å². The fourth-order valence-corrected chi connectivity index (χ4v) is 3.92. The number of nitrogens with zero attached hydrogens (tertiary/aromatic N) is 1. The number of hydrazone groups is 1. The van der Waals surface area contributed by atoms with E-state index in [9.17, 15) is 18.0 Å². The highest BCUT2D eigenvalue weighted by Crippen LogP contribution is 2.28. The Morgan fingerprint density at radius 1 is 0.944 bits per heavy atom. The molecule has 0 saturated carbocycles. The predicted octanol–water partition coefficient (Wildman–Crippen LogP) is 3.01. The fraction of sp³-hybridized carbons (Fsp3) is 0.125. The minimum Gasteiger partial charge on any atom is -0.497 e. The molecule has 3 aromatic carbocycles. The third-order valence-electron chi connectivity index (χ3n) is 4.67. The Balaban J connectivity index is 1.56. The molecular formula is C24H22ClN3O7S. The highest BCUT2D eigenvalue weighted by Gasteiger charge is 2.15. The van der Waals surface area contributed by atoms with Gasteiger partial charge in [0.2, 0.25) is 10.0 Å². The van der Waals surface area contributed by atoms with Gasteiger partial charge in [0.25, 0.3) is 5.91 Å². The number of esters is 1. The first-order chi connectivity index (χ1) is 17.2. The van der Waals surface area contributed by atoms with E-state index in [1.54, 1.807) is 36.4 Å². The van der Waals surface area contributed by atoms with Gasteiger partial charge in [-0.2, -0.15) is 5.10 Å². The van der Waals surface area contributed by atoms with Crippen LogP contribution in [0.25, 0.3) is 0 Å². The van der Waals surface area contributed by atoms with Gasteiger partial charge in [0.1, 0.15) is 5.75 Å². The molecule has 1 amide bonds. The lowest BCUT2D eigenvalue weighted by Gasteiger charge is -2.10. The van der Waals surface area contributed by atoms with Gasteiger partial charge in [0.15, 0.2) is 11.5 Å². The molecule has 0 aliphatic carbocycles. The van der Waals surface area contributed by atoms with Crippen molar-refractivity contribution in [2.24, 2.45) is 5.10 Å². The van der Waals surface area contributed by atoms with Gasteiger partial charge in [-0.1, -0.05) is 11.6 Å². The van der Waals surface area contributed by atoms with Crippen molar-refractivity contribution in [2.45, 2.75) is 4.90 Å². The largest absolute Gasteiger partial charge is 0.497 e. The minimum atomic E-state index is -3.88. The molecule has 0 spiro atoms. The second kappa shape index (κ2) is 12.2. The number of carbonyl (C=O) groups excluding carboxylic acids is 2. The molecule has 0 atom stereocenters. The van der Waals surface area contributed by atoms with Crippen LogP contribution in [-0.4, -0.2) is 47.3 Å². The highest BCUT2D eigenvalue weighted by atomic mass is 35.5. The van der Waals surface area contributed by atoms with Gasteiger partial charge in [-0.25, -0.2) is 23.4 Å². The molecule has 12 heteroatoms. The molecule has 10 nitrogen and oxygen atoms in total. The Kier molecular flexibility index (Phi) is 9.01. The second-order valence-electron chi connectivity index (χ2n) is 7.10. The number of rotatable bonds is 10. The monoisotopic (exact) mass is 531 g/mol. The molecule has 36 heavy (non-hydrogen) atoms. The van der Waals surface area contributed by atoms with Crippen LogP contribution < -0.4 is 24.4 Å². The van der Waals surface area contributed by atoms with Crippen molar-refractivity contribution in [2.75, 3.05) is 20.8 Å². The lowest BCUT2D eigenvalue weighted by molar-refractivity contribution is -0.119. The van der Waals surface area contributed by atoms with Crippen LogP contribution in [0.3, 0.4) is 0 Å². The van der Waals surface area contributed by atoms with E-state index in [2.05, 4.69) is 15.2 Å². The zero-order chi connectivity index (χ0) is 26.1. The van der Waals surface area contributed by atoms with Gasteiger partial charge in [-0.15, -0.1) is 0 Å². The number of hydrogen-bond acceptors (Lipinski definition) is 8. The lowest BCUT2D eigenvalue weighted by Crippen LogP contribution is -2.34. The second-order valence-corrected chi connectivity index (χ2v) is 9.30. The Morgan fingerprint density at radius 2 is 1.64 bits per heavy atom. The van der Waals surface area contributed by atoms with E-state index in [4.69, 9.17) is 25.8 Å². The summed E-state index contributed by atoms with van der Waals surface area (Å²) in [5, 5.41) is 4.19. The normalized spacial score (nSPS) is 11.2. The Morgan fingerprint density at radius 3 is 2.28 bits per heavy atom. The number of amides is 1. The number of ether oxygens (including phenoxy) is 3. The molecule has 0 fully saturated rings. The van der Waals surface area contributed by atoms with Crippen molar-refractivity contribution in [1.82, 2.24) is 10.1 Å². The van der Waals surface area contributed by atoms with Crippen LogP contribution in [0.15, 0.2) is 76.7 Å². The summed E-state index contributed by atoms with van der Waals surface area (Å²) in [5.74, 6) is -0.190. The number of nitrogens with one attached hydrogen (secondary N) is 2. The molecule has 0 heterocycles. The maximum Gasteiger partial charge on any atom is 0.343 e. The smallest absolute Gasteiger partial charge is 0.343 e. The van der Waals surface area contributed by atoms with Crippen LogP contribution in [0.5, 0.6) is 17.2 Å². The minimum absolute atomic E-state index is 0.0249. The molecule has 0 aromatic heterocycles. The molecule has 3 aromatic rings. The summed E-state index contributed by atoms with van der Waals surface area (Å²) >= 11 is 5.75. The zero-order valence-electron chi connectivity index (χ0n) is 19.2. The zero-order valence-corrected chi connectivity index (χ0v) is 20.8. The summed E-state index contributed by atoms with van der Waals surface area (Å²) < 4.78 is 42.4. The summed E-state index contributed by atoms with van der Waals surface area (Å²) in [4.78, 5) is 24.4. The molecule has 3 rings (SSSR count). The summed E-state index contributed by atoms with van der Waals surface area (Å²) in [6, 6.07) is 16.6. The van der Waals surface area contributed by atoms with E-state index >= 15 is 0 Å². The number of benzene rings is 3. The molecule has 0 unspecified atom stereocenters. The molecule has 0 bridgehead atoms. The van der Waals surface area contributed by atoms with Crippen molar-refractivity contribution >= 4 is 39.7 Å². The highest BCUT2D eigenvalue weighted by molar-refractivity contribution is 7.89. The van der Waals surface area contributed by atoms with Gasteiger partial charge < -0.3 is 14.2 Å². The first-order valence-electron chi connectivity index (χ1n) is 10.3. The Labute approximate surface area is 212 Å². The lowest BCUT2D eigenvalue weighted by atomic mass is 10.2. The summed E-state index contributed by atoms with van der Waals surface area (Å²) in [7, 11) is -0.944. The van der Waals surface area contributed by atoms with Crippen LogP contribution in [-0.2, 0) is 14.8 Å². The third kappa shape index (κ3) is 7.28. The van der Waals surface area contributed by atoms with Crippen LogP contribution in [0, 0.1) is 0 Å². The van der Waals surface area contributed by atoms with Crippen molar-refractivity contribution < 1.29 is 32.2 Å². The van der Waals surface area contributed by atoms with E-state index in [-0.39, 0.29) is 16.4 Å². The van der Waals surface area contributed by atoms with Crippen molar-refractivity contribution in [3.8, 4) is 17.2 Å². The molecule has 0 aliphatic rings.